The summed E-state index contributed by atoms with van der Waals surface area (Å²) < 4.78 is 26.3. The number of hydrogen-bond donors (Lipinski definition) is 1. The Hall–Kier alpha value is -2.80. The molecular weight excluding hydrogens is 457 g/mol. The highest BCUT2D eigenvalue weighted by Crippen LogP contribution is 2.32. The topological polar surface area (TPSA) is 63.4 Å². The summed E-state index contributed by atoms with van der Waals surface area (Å²) in [7, 11) is 0. The third-order valence-electron chi connectivity index (χ3n) is 5.11. The molecule has 1 heterocycles. The third-order valence-corrected chi connectivity index (χ3v) is 5.72. The van der Waals surface area contributed by atoms with Gasteiger partial charge >= 0.3 is 0 Å². The van der Waals surface area contributed by atoms with Crippen LogP contribution in [0.5, 0.6) is 0 Å². The van der Waals surface area contributed by atoms with Crippen molar-refractivity contribution in [3.05, 3.63) is 105 Å². The van der Waals surface area contributed by atoms with E-state index in [2.05, 4.69) is 0 Å². The van der Waals surface area contributed by atoms with Crippen LogP contribution in [-0.2, 0) is 0 Å². The molecule has 4 rings (SSSR count). The van der Waals surface area contributed by atoms with Gasteiger partial charge in [-0.25, -0.2) is 8.78 Å². The minimum Gasteiger partial charge on any atom is -0.324 e. The molecule has 0 saturated carbocycles. The van der Waals surface area contributed by atoms with Crippen molar-refractivity contribution < 1.29 is 18.4 Å². The highest BCUT2D eigenvalue weighted by molar-refractivity contribution is 6.31. The van der Waals surface area contributed by atoms with Gasteiger partial charge in [-0.05, 0) is 61.4 Å². The first kappa shape index (κ1) is 23.9. The number of imide groups is 1. The monoisotopic (exact) mass is 476 g/mol. The van der Waals surface area contributed by atoms with Crippen molar-refractivity contribution in [2.75, 3.05) is 0 Å². The molecule has 2 atom stereocenters. The zero-order valence-corrected chi connectivity index (χ0v) is 18.8. The maximum atomic E-state index is 13.6. The van der Waals surface area contributed by atoms with E-state index >= 15 is 0 Å². The van der Waals surface area contributed by atoms with Gasteiger partial charge in [0.1, 0.15) is 11.6 Å². The Labute approximate surface area is 194 Å². The van der Waals surface area contributed by atoms with E-state index in [4.69, 9.17) is 28.9 Å². The molecule has 0 fully saturated rings. The van der Waals surface area contributed by atoms with E-state index in [0.717, 1.165) is 10.5 Å². The molecule has 32 heavy (non-hydrogen) atoms. The highest BCUT2D eigenvalue weighted by atomic mass is 35.5. The number of carbonyl (C=O) groups excluding carboxylic acids is 2. The summed E-state index contributed by atoms with van der Waals surface area (Å²) in [6, 6.07) is 14.8. The van der Waals surface area contributed by atoms with Crippen molar-refractivity contribution >= 4 is 35.0 Å². The summed E-state index contributed by atoms with van der Waals surface area (Å²) >= 11 is 11.1. The Bertz CT molecular complexity index is 1150. The molecule has 3 aromatic carbocycles. The van der Waals surface area contributed by atoms with Gasteiger partial charge in [0, 0.05) is 6.04 Å². The van der Waals surface area contributed by atoms with E-state index in [0.29, 0.717) is 16.7 Å². The van der Waals surface area contributed by atoms with E-state index in [1.807, 2.05) is 0 Å². The van der Waals surface area contributed by atoms with Crippen molar-refractivity contribution in [3.63, 3.8) is 0 Å². The second-order valence-corrected chi connectivity index (χ2v) is 8.15. The number of halogens is 4. The molecular formula is C24H20Cl2F2N2O2. The first-order valence-corrected chi connectivity index (χ1v) is 10.5. The summed E-state index contributed by atoms with van der Waals surface area (Å²) in [6.45, 7) is 3.48. The molecule has 0 spiro atoms. The normalized spacial score (nSPS) is 14.5. The molecule has 2 unspecified atom stereocenters. The molecule has 2 N–H and O–H groups in total. The minimum atomic E-state index is -0.572. The standard InChI is InChI=1S/C16H11ClFNO2.C8H9ClFN/c1-9(10-6-7-13(17)14(18)8-10)19-15(20)11-4-2-3-5-12(11)16(19)21;1-5(11)6-2-3-7(9)8(10)4-6/h2-9H,1H3;2-5H,11H2,1H3. The molecule has 0 bridgehead atoms. The zero-order chi connectivity index (χ0) is 23.6. The van der Waals surface area contributed by atoms with Crippen molar-refractivity contribution in [1.29, 1.82) is 0 Å². The number of nitrogens with zero attached hydrogens (tertiary/aromatic N) is 1. The van der Waals surface area contributed by atoms with Crippen LogP contribution in [0.3, 0.4) is 0 Å². The lowest BCUT2D eigenvalue weighted by Gasteiger charge is -2.23. The lowest BCUT2D eigenvalue weighted by atomic mass is 10.1. The van der Waals surface area contributed by atoms with Crippen LogP contribution in [0.1, 0.15) is 57.8 Å². The van der Waals surface area contributed by atoms with E-state index in [1.54, 1.807) is 50.2 Å². The van der Waals surface area contributed by atoms with Crippen molar-refractivity contribution in [2.24, 2.45) is 5.73 Å². The molecule has 0 radical (unpaired) electrons. The molecule has 166 valence electrons. The Morgan fingerprint density at radius 1 is 0.781 bits per heavy atom. The lowest BCUT2D eigenvalue weighted by molar-refractivity contribution is 0.0595. The quantitative estimate of drug-likeness (QED) is 0.448. The average Bonchev–Trinajstić information content (AvgIpc) is 3.02. The lowest BCUT2D eigenvalue weighted by Crippen LogP contribution is -2.32. The van der Waals surface area contributed by atoms with Gasteiger partial charge in [0.2, 0.25) is 0 Å². The van der Waals surface area contributed by atoms with E-state index < -0.39 is 17.7 Å². The Kier molecular flexibility index (Phi) is 7.29. The Balaban J connectivity index is 0.000000222. The maximum Gasteiger partial charge on any atom is 0.262 e. The number of nitrogens with two attached hydrogens (primary N) is 1. The number of hydrogen-bond acceptors (Lipinski definition) is 3. The molecule has 4 nitrogen and oxygen atoms in total. The van der Waals surface area contributed by atoms with Gasteiger partial charge in [0.15, 0.2) is 0 Å². The predicted octanol–water partition coefficient (Wildman–Crippen LogP) is 6.34. The number of fused-ring (bicyclic) bond motifs is 1. The van der Waals surface area contributed by atoms with Gasteiger partial charge < -0.3 is 5.73 Å². The fraction of sp³-hybridized carbons (Fsp3) is 0.167. The van der Waals surface area contributed by atoms with Crippen LogP contribution in [0.4, 0.5) is 8.78 Å². The van der Waals surface area contributed by atoms with Gasteiger partial charge in [-0.3, -0.25) is 14.5 Å². The molecule has 0 aromatic heterocycles. The smallest absolute Gasteiger partial charge is 0.262 e. The first-order chi connectivity index (χ1) is 15.1. The van der Waals surface area contributed by atoms with Crippen LogP contribution in [0.25, 0.3) is 0 Å². The summed E-state index contributed by atoms with van der Waals surface area (Å²) in [5.41, 5.74) is 7.56. The SMILES string of the molecule is CC(N)c1ccc(Cl)c(F)c1.CC(c1ccc(Cl)c(F)c1)N1C(=O)c2ccccc2C1=O. The third kappa shape index (κ3) is 4.83. The zero-order valence-electron chi connectivity index (χ0n) is 17.3. The summed E-state index contributed by atoms with van der Waals surface area (Å²) in [5, 5.41) is 0.141. The molecule has 0 saturated heterocycles. The van der Waals surface area contributed by atoms with Crippen LogP contribution in [0.15, 0.2) is 60.7 Å². The molecule has 2 amide bonds. The fourth-order valence-corrected chi connectivity index (χ4v) is 3.51. The van der Waals surface area contributed by atoms with Crippen LogP contribution in [0.2, 0.25) is 10.0 Å². The fourth-order valence-electron chi connectivity index (χ4n) is 3.28. The molecule has 1 aliphatic heterocycles. The minimum absolute atomic E-state index is 0.00770. The van der Waals surface area contributed by atoms with Gasteiger partial charge in [-0.15, -0.1) is 0 Å². The molecule has 8 heteroatoms. The number of amides is 2. The van der Waals surface area contributed by atoms with E-state index in [1.165, 1.54) is 24.3 Å². The first-order valence-electron chi connectivity index (χ1n) is 9.74. The summed E-state index contributed by atoms with van der Waals surface area (Å²) in [6.07, 6.45) is 0. The van der Waals surface area contributed by atoms with Crippen LogP contribution >= 0.6 is 23.2 Å². The van der Waals surface area contributed by atoms with Crippen molar-refractivity contribution in [3.8, 4) is 0 Å². The Morgan fingerprint density at radius 3 is 1.66 bits per heavy atom. The largest absolute Gasteiger partial charge is 0.324 e. The van der Waals surface area contributed by atoms with Crippen LogP contribution in [-0.4, -0.2) is 16.7 Å². The maximum absolute atomic E-state index is 13.6. The van der Waals surface area contributed by atoms with E-state index in [9.17, 15) is 18.4 Å². The molecule has 0 aliphatic carbocycles. The summed E-state index contributed by atoms with van der Waals surface area (Å²) in [4.78, 5) is 25.9. The van der Waals surface area contributed by atoms with Crippen LogP contribution in [0, 0.1) is 11.6 Å². The predicted molar refractivity (Wildman–Crippen MR) is 121 cm³/mol. The van der Waals surface area contributed by atoms with Gasteiger partial charge in [0.05, 0.1) is 27.2 Å². The molecule has 3 aromatic rings. The van der Waals surface area contributed by atoms with Crippen molar-refractivity contribution in [2.45, 2.75) is 25.9 Å². The number of rotatable bonds is 3. The number of benzene rings is 3. The second kappa shape index (κ2) is 9.77. The second-order valence-electron chi connectivity index (χ2n) is 7.34. The average molecular weight is 477 g/mol. The summed E-state index contributed by atoms with van der Waals surface area (Å²) in [5.74, 6) is -1.71. The van der Waals surface area contributed by atoms with Gasteiger partial charge in [0.25, 0.3) is 11.8 Å². The van der Waals surface area contributed by atoms with Crippen LogP contribution < -0.4 is 5.73 Å². The van der Waals surface area contributed by atoms with E-state index in [-0.39, 0.29) is 27.9 Å². The highest BCUT2D eigenvalue weighted by Gasteiger charge is 2.38. The van der Waals surface area contributed by atoms with Gasteiger partial charge in [-0.1, -0.05) is 47.5 Å². The van der Waals surface area contributed by atoms with Gasteiger partial charge in [-0.2, -0.15) is 0 Å². The number of carbonyl (C=O) groups is 2. The molecule has 1 aliphatic rings. The Morgan fingerprint density at radius 2 is 1.22 bits per heavy atom. The van der Waals surface area contributed by atoms with Crippen molar-refractivity contribution in [1.82, 2.24) is 4.90 Å².